The fourth-order valence-electron chi connectivity index (χ4n) is 9.61. The number of aromatic amines is 1. The van der Waals surface area contributed by atoms with Gasteiger partial charge in [0.25, 0.3) is 0 Å². The number of H-pyrrole nitrogens is 1. The molecule has 10 bridgehead atoms. The molecule has 0 aliphatic carbocycles. The van der Waals surface area contributed by atoms with Crippen LogP contribution in [0.5, 0.6) is 5.75 Å². The summed E-state index contributed by atoms with van der Waals surface area (Å²) in [4.78, 5) is 42.8. The molecular formula is C48H56N6O8P2. The van der Waals surface area contributed by atoms with Gasteiger partial charge in [0.15, 0.2) is 5.76 Å². The molecule has 1 spiro atoms. The number of rotatable bonds is 14. The van der Waals surface area contributed by atoms with Gasteiger partial charge in [0, 0.05) is 28.2 Å². The van der Waals surface area contributed by atoms with Crippen molar-refractivity contribution in [2.75, 3.05) is 18.5 Å². The van der Waals surface area contributed by atoms with E-state index in [2.05, 4.69) is 80.1 Å². The number of para-hydroxylation sites is 1. The normalized spacial score (nSPS) is 21.1. The summed E-state index contributed by atoms with van der Waals surface area (Å²) in [6.07, 6.45) is 5.76. The molecule has 3 aromatic heterocycles. The third-order valence-corrected chi connectivity index (χ3v) is 16.1. The number of carbonyl (C=O) groups excluding carboxylic acids is 2. The number of nitrogens with zero attached hydrogens (tertiary/aromatic N) is 2. The van der Waals surface area contributed by atoms with Gasteiger partial charge < -0.3 is 9.40 Å². The first kappa shape index (κ1) is 42.8. The second-order valence-electron chi connectivity index (χ2n) is 18.0. The Hall–Kier alpha value is -5.10. The molecule has 0 radical (unpaired) electrons. The molecule has 4 aliphatic rings. The zero-order chi connectivity index (χ0) is 44.5. The quantitative estimate of drug-likeness (QED) is 0.0605. The third-order valence-electron chi connectivity index (χ3n) is 12.9. The Kier molecular flexibility index (Phi) is 11.2. The maximum absolute atomic E-state index is 14.8. The van der Waals surface area contributed by atoms with Gasteiger partial charge in [0.05, 0.1) is 6.20 Å². The summed E-state index contributed by atoms with van der Waals surface area (Å²) in [6, 6.07) is 16.8. The number of aromatic nitrogens is 3. The van der Waals surface area contributed by atoms with Crippen LogP contribution in [0.25, 0.3) is 44.9 Å². The molecule has 2 amide bonds. The van der Waals surface area contributed by atoms with Gasteiger partial charge in [-0.1, -0.05) is 24.3 Å². The van der Waals surface area contributed by atoms with Gasteiger partial charge in [0.1, 0.15) is 0 Å². The van der Waals surface area contributed by atoms with Crippen LogP contribution in [0.3, 0.4) is 0 Å². The van der Waals surface area contributed by atoms with E-state index in [0.717, 1.165) is 75.7 Å². The zero-order valence-corrected chi connectivity index (χ0v) is 39.2. The van der Waals surface area contributed by atoms with E-state index in [1.54, 1.807) is 6.20 Å². The first-order valence-electron chi connectivity index (χ1n) is 22.6. The molecule has 0 saturated carbocycles. The number of fused-ring (bicyclic) bond motifs is 7. The number of hydrogen-bond donors (Lipinski definition) is 4. The van der Waals surface area contributed by atoms with E-state index in [1.807, 2.05) is 52.1 Å². The topological polar surface area (TPSA) is 175 Å². The molecule has 4 unspecified atom stereocenters. The van der Waals surface area contributed by atoms with Crippen molar-refractivity contribution in [2.45, 2.75) is 103 Å². The monoisotopic (exact) mass is 906 g/mol. The summed E-state index contributed by atoms with van der Waals surface area (Å²) < 4.78 is 39.8. The number of unbranched alkanes of at least 4 members (excludes halogenated alkanes) is 2. The molecule has 336 valence electrons. The van der Waals surface area contributed by atoms with Gasteiger partial charge in [0.2, 0.25) is 0 Å². The summed E-state index contributed by atoms with van der Waals surface area (Å²) in [5.74, 6) is 0.969. The van der Waals surface area contributed by atoms with Gasteiger partial charge in [-0.25, -0.2) is 4.98 Å². The number of ether oxygens (including phenoxy) is 1. The summed E-state index contributed by atoms with van der Waals surface area (Å²) in [5.41, 5.74) is 6.63. The Morgan fingerprint density at radius 2 is 1.73 bits per heavy atom. The van der Waals surface area contributed by atoms with Crippen LogP contribution >= 0.6 is 16.6 Å². The van der Waals surface area contributed by atoms with E-state index in [-0.39, 0.29) is 30.0 Å². The summed E-state index contributed by atoms with van der Waals surface area (Å²) >= 11 is 0. The van der Waals surface area contributed by atoms with E-state index < -0.39 is 49.3 Å². The minimum absolute atomic E-state index is 0.172. The van der Waals surface area contributed by atoms with Gasteiger partial charge in [-0.15, -0.1) is 0 Å². The van der Waals surface area contributed by atoms with Gasteiger partial charge in [-0.05, 0) is 11.6 Å². The van der Waals surface area contributed by atoms with Gasteiger partial charge in [-0.3, -0.25) is 0 Å². The van der Waals surface area contributed by atoms with Gasteiger partial charge in [-0.2, -0.15) is 0 Å². The second kappa shape index (κ2) is 16.7. The standard InChI is InChI=1S/C48H56N6O8P2/c1-7-9-19-57-64(63,58-20-10-8-2)62-41(26(5)6)44(56)51-34-22-27-17-18-35-32(21-27)48-31-15-11-14-29(39(31)54-47(48)60-35)28-13-12-16-33-37(28)30(23-49-33)36-24-50-45(59-36)40-42(48)61-46(53-40)38(25(3)4)52-43(34)55/h11-18,21,23-26,34,38,41,47,49,54,64H,7-10,19-20,22,63H2,1-6H3,(H,51,56)(H,52,55)/t34-,38?,41-,47?,48?/m0/s1. The number of benzene rings is 3. The predicted molar refractivity (Wildman–Crippen MR) is 250 cm³/mol. The van der Waals surface area contributed by atoms with Crippen molar-refractivity contribution in [2.24, 2.45) is 11.8 Å². The summed E-state index contributed by atoms with van der Waals surface area (Å²) in [6.45, 7) is 12.9. The molecule has 6 atom stereocenters. The Bertz CT molecular complexity index is 2750. The van der Waals surface area contributed by atoms with Crippen LogP contribution in [0.15, 0.2) is 75.8 Å². The minimum atomic E-state index is -3.35. The van der Waals surface area contributed by atoms with E-state index in [0.29, 0.717) is 36.2 Å². The summed E-state index contributed by atoms with van der Waals surface area (Å²) in [5, 5.41) is 11.2. The molecule has 7 heterocycles. The Morgan fingerprint density at radius 1 is 0.969 bits per heavy atom. The van der Waals surface area contributed by atoms with Crippen molar-refractivity contribution in [1.82, 2.24) is 25.6 Å². The molecule has 4 aliphatic heterocycles. The Labute approximate surface area is 375 Å². The average molecular weight is 907 g/mol. The number of amides is 2. The number of hydrogen-bond acceptors (Lipinski definition) is 11. The molecule has 3 aromatic carbocycles. The van der Waals surface area contributed by atoms with Crippen LogP contribution < -0.4 is 20.7 Å². The van der Waals surface area contributed by atoms with Crippen LogP contribution in [-0.4, -0.2) is 58.4 Å². The molecular weight excluding hydrogens is 851 g/mol. The maximum atomic E-state index is 14.8. The molecule has 4 N–H and O–H groups in total. The van der Waals surface area contributed by atoms with Crippen LogP contribution in [0.1, 0.15) is 102 Å². The van der Waals surface area contributed by atoms with E-state index in [1.165, 1.54) is 0 Å². The molecule has 0 fully saturated rings. The predicted octanol–water partition coefficient (Wildman–Crippen LogP) is 9.75. The number of anilines is 1. The van der Waals surface area contributed by atoms with Crippen LogP contribution in [-0.2, 0) is 35.0 Å². The van der Waals surface area contributed by atoms with Crippen molar-refractivity contribution >= 4 is 45.0 Å². The van der Waals surface area contributed by atoms with Crippen molar-refractivity contribution in [3.8, 4) is 39.8 Å². The number of oxazole rings is 2. The molecule has 0 saturated heterocycles. The van der Waals surface area contributed by atoms with Crippen molar-refractivity contribution in [1.29, 1.82) is 0 Å². The number of carbonyl (C=O) groups is 2. The van der Waals surface area contributed by atoms with Crippen molar-refractivity contribution in [3.63, 3.8) is 0 Å². The SMILES string of the molecule is CCCCO[PH](P)(OCCCC)O[C@H](C(=O)N[C@H]1Cc2ccc3c(c2)C24c5cccc(c5NC2O3)-c2cccc3[nH]cc(c23)-c2cnc(o2)-c2nc(oc24)C(C(C)C)NC1=O)C(C)C. The molecule has 64 heavy (non-hydrogen) atoms. The van der Waals surface area contributed by atoms with Crippen LogP contribution in [0.4, 0.5) is 5.69 Å². The molecule has 10 rings (SSSR count). The fraction of sp³-hybridized carbons (Fsp3) is 0.417. The molecule has 16 heteroatoms. The number of nitrogens with one attached hydrogen (secondary N) is 4. The van der Waals surface area contributed by atoms with E-state index in [4.69, 9.17) is 37.1 Å². The first-order chi connectivity index (χ1) is 30.9. The fourth-order valence-corrected chi connectivity index (χ4v) is 12.6. The zero-order valence-electron chi connectivity index (χ0n) is 37.0. The molecule has 14 nitrogen and oxygen atoms in total. The molecule has 6 aromatic rings. The summed E-state index contributed by atoms with van der Waals surface area (Å²) in [7, 11) is -0.688. The Balaban J connectivity index is 1.11. The van der Waals surface area contributed by atoms with E-state index >= 15 is 0 Å². The van der Waals surface area contributed by atoms with Gasteiger partial charge >= 0.3 is 286 Å². The van der Waals surface area contributed by atoms with Crippen molar-refractivity contribution in [3.05, 3.63) is 95.3 Å². The van der Waals surface area contributed by atoms with E-state index in [9.17, 15) is 9.59 Å². The first-order valence-corrected chi connectivity index (χ1v) is 26.1. The average Bonchev–Trinajstić information content (AvgIpc) is 4.11. The second-order valence-corrected chi connectivity index (χ2v) is 22.1. The third kappa shape index (κ3) is 7.04. The van der Waals surface area contributed by atoms with Crippen molar-refractivity contribution < 1.29 is 36.7 Å². The van der Waals surface area contributed by atoms with Crippen LogP contribution in [0, 0.1) is 11.8 Å². The van der Waals surface area contributed by atoms with Crippen LogP contribution in [0.2, 0.25) is 0 Å². The Morgan fingerprint density at radius 3 is 2.48 bits per heavy atom.